The quantitative estimate of drug-likeness (QED) is 0.662. The van der Waals surface area contributed by atoms with Gasteiger partial charge in [0.05, 0.1) is 18.0 Å². The standard InChI is InChI=1S/C22H21FN2O3/c1-14(16-8-10-19(23)11-9-16)25-22(27)15(2)28-20(26)13-18-6-3-5-17-7-4-12-24-21(17)18/h3-12,14-15H,13H2,1-2H3,(H,25,27). The van der Waals surface area contributed by atoms with Crippen molar-refractivity contribution in [3.8, 4) is 0 Å². The number of halogens is 1. The van der Waals surface area contributed by atoms with E-state index >= 15 is 0 Å². The zero-order valence-corrected chi connectivity index (χ0v) is 15.7. The van der Waals surface area contributed by atoms with Gasteiger partial charge in [0, 0.05) is 11.6 Å². The molecule has 0 radical (unpaired) electrons. The number of hydrogen-bond acceptors (Lipinski definition) is 4. The Bertz CT molecular complexity index is 983. The van der Waals surface area contributed by atoms with Crippen molar-refractivity contribution in [2.24, 2.45) is 0 Å². The van der Waals surface area contributed by atoms with E-state index in [1.807, 2.05) is 30.3 Å². The molecule has 3 rings (SSSR count). The molecule has 0 aliphatic rings. The van der Waals surface area contributed by atoms with Crippen molar-refractivity contribution >= 4 is 22.8 Å². The van der Waals surface area contributed by atoms with Crippen LogP contribution >= 0.6 is 0 Å². The number of ether oxygens (including phenoxy) is 1. The lowest BCUT2D eigenvalue weighted by Crippen LogP contribution is -2.37. The van der Waals surface area contributed by atoms with E-state index in [4.69, 9.17) is 4.74 Å². The molecule has 0 aliphatic heterocycles. The van der Waals surface area contributed by atoms with E-state index in [9.17, 15) is 14.0 Å². The van der Waals surface area contributed by atoms with Crippen LogP contribution in [0.15, 0.2) is 60.8 Å². The number of esters is 1. The summed E-state index contributed by atoms with van der Waals surface area (Å²) < 4.78 is 18.3. The molecule has 2 atom stereocenters. The molecule has 1 amide bonds. The van der Waals surface area contributed by atoms with Crippen molar-refractivity contribution in [2.45, 2.75) is 32.4 Å². The Labute approximate surface area is 162 Å². The molecule has 1 N–H and O–H groups in total. The van der Waals surface area contributed by atoms with Crippen LogP contribution < -0.4 is 5.32 Å². The summed E-state index contributed by atoms with van der Waals surface area (Å²) in [5.74, 6) is -1.26. The number of amides is 1. The molecule has 0 spiro atoms. The van der Waals surface area contributed by atoms with E-state index in [2.05, 4.69) is 10.3 Å². The Kier molecular flexibility index (Phi) is 5.99. The molecule has 5 nitrogen and oxygen atoms in total. The SMILES string of the molecule is CC(OC(=O)Cc1cccc2cccnc12)C(=O)NC(C)c1ccc(F)cc1. The smallest absolute Gasteiger partial charge is 0.311 e. The fourth-order valence-corrected chi connectivity index (χ4v) is 2.92. The number of fused-ring (bicyclic) bond motifs is 1. The summed E-state index contributed by atoms with van der Waals surface area (Å²) in [6, 6.07) is 14.9. The molecular formula is C22H21FN2O3. The number of pyridine rings is 1. The maximum absolute atomic E-state index is 13.0. The van der Waals surface area contributed by atoms with Gasteiger partial charge in [0.25, 0.3) is 5.91 Å². The number of para-hydroxylation sites is 1. The molecule has 0 saturated carbocycles. The Morgan fingerprint density at radius 3 is 2.54 bits per heavy atom. The van der Waals surface area contributed by atoms with Gasteiger partial charge >= 0.3 is 5.97 Å². The summed E-state index contributed by atoms with van der Waals surface area (Å²) >= 11 is 0. The normalized spacial score (nSPS) is 13.0. The Hall–Kier alpha value is -3.28. The van der Waals surface area contributed by atoms with Crippen molar-refractivity contribution < 1.29 is 18.7 Å². The third-order valence-electron chi connectivity index (χ3n) is 4.46. The lowest BCUT2D eigenvalue weighted by atomic mass is 10.1. The minimum Gasteiger partial charge on any atom is -0.452 e. The van der Waals surface area contributed by atoms with Gasteiger partial charge in [-0.15, -0.1) is 0 Å². The first-order chi connectivity index (χ1) is 13.4. The van der Waals surface area contributed by atoms with E-state index < -0.39 is 18.0 Å². The van der Waals surface area contributed by atoms with Gasteiger partial charge in [-0.2, -0.15) is 0 Å². The zero-order chi connectivity index (χ0) is 20.1. The Morgan fingerprint density at radius 1 is 1.07 bits per heavy atom. The van der Waals surface area contributed by atoms with Crippen LogP contribution in [-0.4, -0.2) is 23.0 Å². The lowest BCUT2D eigenvalue weighted by Gasteiger charge is -2.18. The number of nitrogens with zero attached hydrogens (tertiary/aromatic N) is 1. The molecular weight excluding hydrogens is 359 g/mol. The van der Waals surface area contributed by atoms with E-state index in [1.165, 1.54) is 19.1 Å². The van der Waals surface area contributed by atoms with Gasteiger partial charge in [-0.3, -0.25) is 14.6 Å². The molecule has 3 aromatic rings. The van der Waals surface area contributed by atoms with Crippen LogP contribution in [0.5, 0.6) is 0 Å². The average molecular weight is 380 g/mol. The highest BCUT2D eigenvalue weighted by Crippen LogP contribution is 2.17. The summed E-state index contributed by atoms with van der Waals surface area (Å²) in [6.07, 6.45) is 0.752. The second-order valence-corrected chi connectivity index (χ2v) is 6.58. The highest BCUT2D eigenvalue weighted by molar-refractivity contribution is 5.87. The molecule has 144 valence electrons. The van der Waals surface area contributed by atoms with Crippen molar-refractivity contribution in [3.63, 3.8) is 0 Å². The number of benzene rings is 2. The summed E-state index contributed by atoms with van der Waals surface area (Å²) in [4.78, 5) is 28.9. The van der Waals surface area contributed by atoms with Gasteiger partial charge in [-0.25, -0.2) is 4.39 Å². The fraction of sp³-hybridized carbons (Fsp3) is 0.227. The number of carbonyl (C=O) groups is 2. The molecule has 0 bridgehead atoms. The van der Waals surface area contributed by atoms with E-state index in [1.54, 1.807) is 25.3 Å². The summed E-state index contributed by atoms with van der Waals surface area (Å²) in [5.41, 5.74) is 2.24. The molecule has 0 saturated heterocycles. The fourth-order valence-electron chi connectivity index (χ4n) is 2.92. The molecule has 1 aromatic heterocycles. The van der Waals surface area contributed by atoms with Gasteiger partial charge in [0.2, 0.25) is 0 Å². The lowest BCUT2D eigenvalue weighted by molar-refractivity contribution is -0.154. The molecule has 1 heterocycles. The minimum atomic E-state index is -0.946. The number of nitrogens with one attached hydrogen (secondary N) is 1. The van der Waals surface area contributed by atoms with Gasteiger partial charge in [0.1, 0.15) is 5.82 Å². The summed E-state index contributed by atoms with van der Waals surface area (Å²) in [7, 11) is 0. The van der Waals surface area contributed by atoms with E-state index in [0.717, 1.165) is 22.0 Å². The molecule has 2 aromatic carbocycles. The number of rotatable bonds is 6. The third kappa shape index (κ3) is 4.71. The zero-order valence-electron chi connectivity index (χ0n) is 15.7. The second-order valence-electron chi connectivity index (χ2n) is 6.58. The van der Waals surface area contributed by atoms with Gasteiger partial charge < -0.3 is 10.1 Å². The first kappa shape index (κ1) is 19.5. The van der Waals surface area contributed by atoms with Crippen LogP contribution in [0, 0.1) is 5.82 Å². The monoisotopic (exact) mass is 380 g/mol. The highest BCUT2D eigenvalue weighted by Gasteiger charge is 2.20. The van der Waals surface area contributed by atoms with Crippen molar-refractivity contribution in [2.75, 3.05) is 0 Å². The van der Waals surface area contributed by atoms with Gasteiger partial charge in [-0.05, 0) is 43.2 Å². The largest absolute Gasteiger partial charge is 0.452 e. The molecule has 0 fully saturated rings. The highest BCUT2D eigenvalue weighted by atomic mass is 19.1. The van der Waals surface area contributed by atoms with Gasteiger partial charge in [0.15, 0.2) is 6.10 Å². The molecule has 6 heteroatoms. The molecule has 28 heavy (non-hydrogen) atoms. The predicted octanol–water partition coefficient (Wildman–Crippen LogP) is 3.73. The number of hydrogen-bond donors (Lipinski definition) is 1. The average Bonchev–Trinajstić information content (AvgIpc) is 2.68. The number of carbonyl (C=O) groups excluding carboxylic acids is 2. The molecule has 0 aliphatic carbocycles. The van der Waals surface area contributed by atoms with Crippen molar-refractivity contribution in [3.05, 3.63) is 77.7 Å². The van der Waals surface area contributed by atoms with Crippen LogP contribution in [0.4, 0.5) is 4.39 Å². The van der Waals surface area contributed by atoms with Crippen molar-refractivity contribution in [1.29, 1.82) is 0 Å². The van der Waals surface area contributed by atoms with Crippen molar-refractivity contribution in [1.82, 2.24) is 10.3 Å². The van der Waals surface area contributed by atoms with Gasteiger partial charge in [-0.1, -0.05) is 36.4 Å². The van der Waals surface area contributed by atoms with Crippen LogP contribution in [0.2, 0.25) is 0 Å². The summed E-state index contributed by atoms with van der Waals surface area (Å²) in [6.45, 7) is 3.30. The van der Waals surface area contributed by atoms with Crippen LogP contribution in [0.3, 0.4) is 0 Å². The maximum atomic E-state index is 13.0. The maximum Gasteiger partial charge on any atom is 0.311 e. The van der Waals surface area contributed by atoms with E-state index in [0.29, 0.717) is 0 Å². The van der Waals surface area contributed by atoms with Crippen LogP contribution in [0.1, 0.15) is 31.0 Å². The summed E-state index contributed by atoms with van der Waals surface area (Å²) in [5, 5.41) is 3.70. The minimum absolute atomic E-state index is 0.0273. The predicted molar refractivity (Wildman–Crippen MR) is 104 cm³/mol. The second kappa shape index (κ2) is 8.61. The first-order valence-corrected chi connectivity index (χ1v) is 9.02. The third-order valence-corrected chi connectivity index (χ3v) is 4.46. The molecule has 2 unspecified atom stereocenters. The number of aromatic nitrogens is 1. The van der Waals surface area contributed by atoms with E-state index in [-0.39, 0.29) is 18.3 Å². The van der Waals surface area contributed by atoms with Crippen LogP contribution in [-0.2, 0) is 20.7 Å². The topological polar surface area (TPSA) is 68.3 Å². The Morgan fingerprint density at radius 2 is 1.79 bits per heavy atom. The van der Waals surface area contributed by atoms with Crippen LogP contribution in [0.25, 0.3) is 10.9 Å². The first-order valence-electron chi connectivity index (χ1n) is 9.02. The Balaban J connectivity index is 1.58.